The number of para-hydroxylation sites is 1. The molecule has 10 nitrogen and oxygen atoms in total. The van der Waals surface area contributed by atoms with E-state index in [9.17, 15) is 9.90 Å². The first-order chi connectivity index (χ1) is 19.4. The monoisotopic (exact) mass is 573 g/mol. The van der Waals surface area contributed by atoms with E-state index in [0.717, 1.165) is 32.9 Å². The van der Waals surface area contributed by atoms with Crippen molar-refractivity contribution in [3.63, 3.8) is 0 Å². The first-order valence-electron chi connectivity index (χ1n) is 12.8. The minimum Gasteiger partial charge on any atom is -0.476 e. The molecule has 204 valence electrons. The van der Waals surface area contributed by atoms with Crippen LogP contribution < -0.4 is 15.1 Å². The predicted octanol–water partition coefficient (Wildman–Crippen LogP) is 5.86. The number of ether oxygens (including phenoxy) is 1. The molecule has 40 heavy (non-hydrogen) atoms. The largest absolute Gasteiger partial charge is 0.476 e. The van der Waals surface area contributed by atoms with Gasteiger partial charge in [0.05, 0.1) is 22.9 Å². The summed E-state index contributed by atoms with van der Waals surface area (Å²) >= 11 is 2.88. The summed E-state index contributed by atoms with van der Waals surface area (Å²) in [6.07, 6.45) is 0.845. The van der Waals surface area contributed by atoms with Gasteiger partial charge in [-0.25, -0.2) is 14.8 Å². The Labute approximate surface area is 238 Å². The molecule has 0 amide bonds. The lowest BCUT2D eigenvalue weighted by atomic mass is 10.2. The average Bonchev–Trinajstić information content (AvgIpc) is 3.71. The van der Waals surface area contributed by atoms with E-state index in [1.54, 1.807) is 16.2 Å². The van der Waals surface area contributed by atoms with E-state index in [1.165, 1.54) is 11.3 Å². The summed E-state index contributed by atoms with van der Waals surface area (Å²) in [7, 11) is 1.81. The van der Waals surface area contributed by atoms with Crippen molar-refractivity contribution in [3.05, 3.63) is 77.5 Å². The van der Waals surface area contributed by atoms with Gasteiger partial charge in [0.25, 0.3) is 0 Å². The molecule has 1 aliphatic rings. The lowest BCUT2D eigenvalue weighted by Crippen LogP contribution is -2.23. The van der Waals surface area contributed by atoms with Crippen LogP contribution in [0.4, 0.5) is 26.9 Å². The van der Waals surface area contributed by atoms with Crippen LogP contribution in [0, 0.1) is 6.92 Å². The van der Waals surface area contributed by atoms with Crippen molar-refractivity contribution >= 4 is 65.8 Å². The van der Waals surface area contributed by atoms with E-state index in [2.05, 4.69) is 30.4 Å². The Bertz CT molecular complexity index is 1620. The van der Waals surface area contributed by atoms with E-state index in [4.69, 9.17) is 4.74 Å². The van der Waals surface area contributed by atoms with Crippen molar-refractivity contribution in [3.8, 4) is 0 Å². The molecule has 0 radical (unpaired) electrons. The van der Waals surface area contributed by atoms with Crippen molar-refractivity contribution in [1.29, 1.82) is 0 Å². The summed E-state index contributed by atoms with van der Waals surface area (Å²) in [6, 6.07) is 19.9. The summed E-state index contributed by atoms with van der Waals surface area (Å²) in [6.45, 7) is 3.79. The van der Waals surface area contributed by atoms with Crippen molar-refractivity contribution in [2.45, 2.75) is 26.1 Å². The highest BCUT2D eigenvalue weighted by Gasteiger charge is 2.30. The average molecular weight is 574 g/mol. The molecule has 1 fully saturated rings. The van der Waals surface area contributed by atoms with Crippen LogP contribution in [0.3, 0.4) is 0 Å². The summed E-state index contributed by atoms with van der Waals surface area (Å²) in [5, 5.41) is 23.8. The highest BCUT2D eigenvalue weighted by Crippen LogP contribution is 2.38. The number of hydrogen-bond donors (Lipinski definition) is 2. The number of aromatic carboxylic acids is 1. The molecule has 2 N–H and O–H groups in total. The maximum atomic E-state index is 12.1. The second-order valence-corrected chi connectivity index (χ2v) is 11.5. The standard InChI is InChI=1S/C28H27N7O3S2/c1-17-14-22(32-33-24(17)31-27-29-20-10-6-7-11-21(20)39-27)34(2)28-30-23(26(36)37)25(40-28)35-13-12-19(15-35)38-16-18-8-4-3-5-9-18/h3-11,14,19H,12-13,15-16H2,1-2H3,(H,36,37)(H,29,31,33)/t19-/m1/s1. The van der Waals surface area contributed by atoms with Gasteiger partial charge in [-0.1, -0.05) is 65.1 Å². The molecule has 4 heterocycles. The molecule has 0 unspecified atom stereocenters. The zero-order valence-electron chi connectivity index (χ0n) is 21.9. The van der Waals surface area contributed by atoms with Crippen LogP contribution in [-0.2, 0) is 11.3 Å². The number of anilines is 5. The fourth-order valence-corrected chi connectivity index (χ4v) is 6.45. The van der Waals surface area contributed by atoms with Gasteiger partial charge in [-0.05, 0) is 42.7 Å². The van der Waals surface area contributed by atoms with Crippen LogP contribution in [0.25, 0.3) is 10.2 Å². The molecule has 0 aliphatic carbocycles. The van der Waals surface area contributed by atoms with E-state index in [0.29, 0.717) is 41.5 Å². The van der Waals surface area contributed by atoms with Gasteiger partial charge in [-0.15, -0.1) is 10.2 Å². The number of aryl methyl sites for hydroxylation is 1. The first kappa shape index (κ1) is 26.1. The molecule has 0 saturated carbocycles. The van der Waals surface area contributed by atoms with Crippen LogP contribution in [0.1, 0.15) is 28.0 Å². The number of carbonyl (C=O) groups is 1. The van der Waals surface area contributed by atoms with Crippen LogP contribution in [0.5, 0.6) is 0 Å². The molecular weight excluding hydrogens is 546 g/mol. The van der Waals surface area contributed by atoms with Gasteiger partial charge < -0.3 is 25.0 Å². The Morgan fingerprint density at radius 1 is 1.12 bits per heavy atom. The Hall–Kier alpha value is -4.13. The van der Waals surface area contributed by atoms with Crippen LogP contribution in [-0.4, -0.2) is 57.5 Å². The fraction of sp³-hybridized carbons (Fsp3) is 0.250. The van der Waals surface area contributed by atoms with Crippen molar-refractivity contribution < 1.29 is 14.6 Å². The minimum atomic E-state index is -1.06. The van der Waals surface area contributed by atoms with E-state index in [1.807, 2.05) is 74.6 Å². The number of carboxylic acid groups (broad SMARTS) is 1. The topological polar surface area (TPSA) is 117 Å². The van der Waals surface area contributed by atoms with Gasteiger partial charge in [-0.3, -0.25) is 0 Å². The number of carboxylic acids is 1. The fourth-order valence-electron chi connectivity index (χ4n) is 4.52. The maximum Gasteiger partial charge on any atom is 0.357 e. The number of hydrogen-bond acceptors (Lipinski definition) is 11. The molecule has 0 bridgehead atoms. The molecule has 1 saturated heterocycles. The van der Waals surface area contributed by atoms with Gasteiger partial charge >= 0.3 is 5.97 Å². The van der Waals surface area contributed by atoms with Crippen molar-refractivity contribution in [2.24, 2.45) is 0 Å². The summed E-state index contributed by atoms with van der Waals surface area (Å²) in [4.78, 5) is 25.0. The number of fused-ring (bicyclic) bond motifs is 1. The maximum absolute atomic E-state index is 12.1. The molecule has 2 aromatic carbocycles. The molecule has 3 aromatic heterocycles. The highest BCUT2D eigenvalue weighted by molar-refractivity contribution is 7.22. The molecule has 12 heteroatoms. The van der Waals surface area contributed by atoms with Crippen LogP contribution in [0.2, 0.25) is 0 Å². The van der Waals surface area contributed by atoms with E-state index in [-0.39, 0.29) is 11.8 Å². The van der Waals surface area contributed by atoms with Crippen molar-refractivity contribution in [1.82, 2.24) is 20.2 Å². The third kappa shape index (κ3) is 5.46. The molecular formula is C28H27N7O3S2. The SMILES string of the molecule is Cc1cc(N(C)c2nc(C(=O)O)c(N3CC[C@@H](OCc4ccccc4)C3)s2)nnc1Nc1nc2ccccc2s1. The van der Waals surface area contributed by atoms with E-state index >= 15 is 0 Å². The zero-order chi connectivity index (χ0) is 27.6. The normalized spacial score (nSPS) is 15.1. The van der Waals surface area contributed by atoms with Gasteiger partial charge in [-0.2, -0.15) is 0 Å². The van der Waals surface area contributed by atoms with Crippen molar-refractivity contribution in [2.75, 3.05) is 35.3 Å². The minimum absolute atomic E-state index is 0.0223. The molecule has 1 atom stereocenters. The molecule has 5 aromatic rings. The Balaban J connectivity index is 1.16. The van der Waals surface area contributed by atoms with Gasteiger partial charge in [0.2, 0.25) is 0 Å². The number of rotatable bonds is 9. The predicted molar refractivity (Wildman–Crippen MR) is 159 cm³/mol. The Morgan fingerprint density at radius 2 is 1.93 bits per heavy atom. The zero-order valence-corrected chi connectivity index (χ0v) is 23.6. The lowest BCUT2D eigenvalue weighted by Gasteiger charge is -2.17. The smallest absolute Gasteiger partial charge is 0.357 e. The number of benzene rings is 2. The Kier molecular flexibility index (Phi) is 7.29. The lowest BCUT2D eigenvalue weighted by molar-refractivity contribution is 0.0553. The Morgan fingerprint density at radius 3 is 2.70 bits per heavy atom. The van der Waals surface area contributed by atoms with E-state index < -0.39 is 5.97 Å². The quantitative estimate of drug-likeness (QED) is 0.222. The molecule has 6 rings (SSSR count). The van der Waals surface area contributed by atoms with Crippen LogP contribution in [0.15, 0.2) is 60.7 Å². The summed E-state index contributed by atoms with van der Waals surface area (Å²) in [5.41, 5.74) is 2.96. The second-order valence-electron chi connectivity index (χ2n) is 9.51. The summed E-state index contributed by atoms with van der Waals surface area (Å²) < 4.78 is 7.20. The number of thiazole rings is 2. The molecule has 0 spiro atoms. The third-order valence-corrected chi connectivity index (χ3v) is 8.83. The number of aromatic nitrogens is 4. The molecule has 1 aliphatic heterocycles. The first-order valence-corrected chi connectivity index (χ1v) is 14.4. The second kappa shape index (κ2) is 11.2. The van der Waals surface area contributed by atoms with Gasteiger partial charge in [0, 0.05) is 20.1 Å². The summed E-state index contributed by atoms with van der Waals surface area (Å²) in [5.74, 6) is 0.119. The van der Waals surface area contributed by atoms with Crippen LogP contribution >= 0.6 is 22.7 Å². The number of nitrogens with zero attached hydrogens (tertiary/aromatic N) is 6. The highest BCUT2D eigenvalue weighted by atomic mass is 32.1. The third-order valence-electron chi connectivity index (χ3n) is 6.68. The van der Waals surface area contributed by atoms with Gasteiger partial charge in [0.15, 0.2) is 27.6 Å². The van der Waals surface area contributed by atoms with Gasteiger partial charge in [0.1, 0.15) is 5.00 Å². The number of nitrogens with one attached hydrogen (secondary N) is 1.